The van der Waals surface area contributed by atoms with Gasteiger partial charge < -0.3 is 10.6 Å². The summed E-state index contributed by atoms with van der Waals surface area (Å²) in [6.45, 7) is 8.78. The molecular weight excluding hydrogens is 172 g/mol. The van der Waals surface area contributed by atoms with Crippen LogP contribution in [0.5, 0.6) is 0 Å². The standard InChI is InChI=1S/C12H18N2/c1-9(2)8-14(4)11-6-5-10(3)12(13)7-11/h5-7H,1,8,13H2,2-4H3. The lowest BCUT2D eigenvalue weighted by atomic mass is 10.1. The average Bonchev–Trinajstić information content (AvgIpc) is 2.08. The van der Waals surface area contributed by atoms with E-state index in [0.717, 1.165) is 29.1 Å². The Bertz CT molecular complexity index is 342. The van der Waals surface area contributed by atoms with Gasteiger partial charge in [0.2, 0.25) is 0 Å². The zero-order valence-corrected chi connectivity index (χ0v) is 9.17. The van der Waals surface area contributed by atoms with Crippen molar-refractivity contribution in [2.45, 2.75) is 13.8 Å². The fraction of sp³-hybridized carbons (Fsp3) is 0.333. The van der Waals surface area contributed by atoms with Gasteiger partial charge in [-0.3, -0.25) is 0 Å². The number of hydrogen-bond donors (Lipinski definition) is 1. The molecule has 0 aliphatic carbocycles. The normalized spacial score (nSPS) is 9.93. The molecule has 2 N–H and O–H groups in total. The van der Waals surface area contributed by atoms with E-state index in [2.05, 4.69) is 17.5 Å². The van der Waals surface area contributed by atoms with Gasteiger partial charge in [-0.25, -0.2) is 0 Å². The molecule has 1 aromatic carbocycles. The minimum Gasteiger partial charge on any atom is -0.398 e. The molecule has 1 aromatic rings. The summed E-state index contributed by atoms with van der Waals surface area (Å²) < 4.78 is 0. The van der Waals surface area contributed by atoms with Crippen LogP contribution in [0.15, 0.2) is 30.4 Å². The summed E-state index contributed by atoms with van der Waals surface area (Å²) in [6.07, 6.45) is 0. The van der Waals surface area contributed by atoms with Crippen LogP contribution in [0.1, 0.15) is 12.5 Å². The minimum absolute atomic E-state index is 0.844. The molecule has 76 valence electrons. The maximum absolute atomic E-state index is 5.84. The number of rotatable bonds is 3. The molecule has 0 saturated heterocycles. The maximum atomic E-state index is 5.84. The first-order chi connectivity index (χ1) is 6.50. The molecule has 0 bridgehead atoms. The number of aryl methyl sites for hydroxylation is 1. The van der Waals surface area contributed by atoms with E-state index in [9.17, 15) is 0 Å². The molecule has 0 atom stereocenters. The van der Waals surface area contributed by atoms with Crippen LogP contribution in [0.2, 0.25) is 0 Å². The highest BCUT2D eigenvalue weighted by Crippen LogP contribution is 2.20. The van der Waals surface area contributed by atoms with E-state index in [1.807, 2.05) is 33.0 Å². The third-order valence-electron chi connectivity index (χ3n) is 2.21. The number of nitrogens with two attached hydrogens (primary N) is 1. The minimum atomic E-state index is 0.844. The first-order valence-corrected chi connectivity index (χ1v) is 4.72. The van der Waals surface area contributed by atoms with Gasteiger partial charge in [0.15, 0.2) is 0 Å². The van der Waals surface area contributed by atoms with E-state index in [1.165, 1.54) is 0 Å². The molecule has 0 saturated carbocycles. The average molecular weight is 190 g/mol. The lowest BCUT2D eigenvalue weighted by molar-refractivity contribution is 0.985. The Hall–Kier alpha value is -1.44. The Balaban J connectivity index is 2.85. The van der Waals surface area contributed by atoms with Gasteiger partial charge in [0.1, 0.15) is 0 Å². The van der Waals surface area contributed by atoms with Crippen LogP contribution in [0.3, 0.4) is 0 Å². The fourth-order valence-corrected chi connectivity index (χ4v) is 1.36. The van der Waals surface area contributed by atoms with Crippen molar-refractivity contribution in [3.05, 3.63) is 35.9 Å². The summed E-state index contributed by atoms with van der Waals surface area (Å²) >= 11 is 0. The highest BCUT2D eigenvalue weighted by atomic mass is 15.1. The van der Waals surface area contributed by atoms with E-state index in [0.29, 0.717) is 0 Å². The molecule has 0 unspecified atom stereocenters. The summed E-state index contributed by atoms with van der Waals surface area (Å²) in [6, 6.07) is 6.12. The van der Waals surface area contributed by atoms with Gasteiger partial charge in [-0.15, -0.1) is 0 Å². The molecular formula is C12H18N2. The maximum Gasteiger partial charge on any atom is 0.0387 e. The number of nitrogens with zero attached hydrogens (tertiary/aromatic N) is 1. The van der Waals surface area contributed by atoms with Gasteiger partial charge in [0.05, 0.1) is 0 Å². The highest BCUT2D eigenvalue weighted by Gasteiger charge is 2.02. The van der Waals surface area contributed by atoms with Crippen LogP contribution in [0, 0.1) is 6.92 Å². The molecule has 2 nitrogen and oxygen atoms in total. The molecule has 0 radical (unpaired) electrons. The van der Waals surface area contributed by atoms with Crippen molar-refractivity contribution in [2.24, 2.45) is 0 Å². The van der Waals surface area contributed by atoms with E-state index < -0.39 is 0 Å². The third-order valence-corrected chi connectivity index (χ3v) is 2.21. The number of benzene rings is 1. The molecule has 0 aliphatic heterocycles. The Morgan fingerprint density at radius 2 is 2.14 bits per heavy atom. The van der Waals surface area contributed by atoms with Crippen molar-refractivity contribution in [2.75, 3.05) is 24.2 Å². The molecule has 1 rings (SSSR count). The molecule has 2 heteroatoms. The molecule has 0 heterocycles. The van der Waals surface area contributed by atoms with Gasteiger partial charge in [0, 0.05) is 25.0 Å². The SMILES string of the molecule is C=C(C)CN(C)c1ccc(C)c(N)c1. The van der Waals surface area contributed by atoms with Crippen molar-refractivity contribution in [1.29, 1.82) is 0 Å². The molecule has 0 aromatic heterocycles. The molecule has 0 amide bonds. The molecule has 0 aliphatic rings. The van der Waals surface area contributed by atoms with Crippen molar-refractivity contribution in [1.82, 2.24) is 0 Å². The lowest BCUT2D eigenvalue weighted by Crippen LogP contribution is -2.19. The van der Waals surface area contributed by atoms with Crippen LogP contribution in [-0.2, 0) is 0 Å². The Morgan fingerprint density at radius 1 is 1.50 bits per heavy atom. The second kappa shape index (κ2) is 4.18. The summed E-state index contributed by atoms with van der Waals surface area (Å²) in [5, 5.41) is 0. The highest BCUT2D eigenvalue weighted by molar-refractivity contribution is 5.59. The summed E-state index contributed by atoms with van der Waals surface area (Å²) in [4.78, 5) is 2.14. The fourth-order valence-electron chi connectivity index (χ4n) is 1.36. The lowest BCUT2D eigenvalue weighted by Gasteiger charge is -2.20. The second-order valence-electron chi connectivity index (χ2n) is 3.85. The number of nitrogen functional groups attached to an aromatic ring is 1. The van der Waals surface area contributed by atoms with E-state index in [-0.39, 0.29) is 0 Å². The van der Waals surface area contributed by atoms with E-state index >= 15 is 0 Å². The van der Waals surface area contributed by atoms with Crippen molar-refractivity contribution in [3.63, 3.8) is 0 Å². The molecule has 0 fully saturated rings. The summed E-state index contributed by atoms with van der Waals surface area (Å²) in [5.41, 5.74) is 10.1. The largest absolute Gasteiger partial charge is 0.398 e. The number of likely N-dealkylation sites (N-methyl/N-ethyl adjacent to an activating group) is 1. The summed E-state index contributed by atoms with van der Waals surface area (Å²) in [7, 11) is 2.04. The van der Waals surface area contributed by atoms with Gasteiger partial charge in [0.25, 0.3) is 0 Å². The van der Waals surface area contributed by atoms with Crippen molar-refractivity contribution in [3.8, 4) is 0 Å². The monoisotopic (exact) mass is 190 g/mol. The molecule has 0 spiro atoms. The molecule has 14 heavy (non-hydrogen) atoms. The van der Waals surface area contributed by atoms with Crippen LogP contribution in [0.4, 0.5) is 11.4 Å². The smallest absolute Gasteiger partial charge is 0.0387 e. The zero-order chi connectivity index (χ0) is 10.7. The first kappa shape index (κ1) is 10.6. The van der Waals surface area contributed by atoms with Crippen molar-refractivity contribution >= 4 is 11.4 Å². The van der Waals surface area contributed by atoms with Crippen LogP contribution in [-0.4, -0.2) is 13.6 Å². The predicted molar refractivity (Wildman–Crippen MR) is 63.7 cm³/mol. The van der Waals surface area contributed by atoms with Crippen LogP contribution >= 0.6 is 0 Å². The Kier molecular flexibility index (Phi) is 3.18. The van der Waals surface area contributed by atoms with E-state index in [1.54, 1.807) is 0 Å². The van der Waals surface area contributed by atoms with E-state index in [4.69, 9.17) is 5.73 Å². The van der Waals surface area contributed by atoms with Gasteiger partial charge >= 0.3 is 0 Å². The van der Waals surface area contributed by atoms with Gasteiger partial charge in [-0.05, 0) is 31.5 Å². The van der Waals surface area contributed by atoms with Gasteiger partial charge in [-0.1, -0.05) is 18.2 Å². The second-order valence-corrected chi connectivity index (χ2v) is 3.85. The van der Waals surface area contributed by atoms with Crippen molar-refractivity contribution < 1.29 is 0 Å². The zero-order valence-electron chi connectivity index (χ0n) is 9.17. The quantitative estimate of drug-likeness (QED) is 0.586. The van der Waals surface area contributed by atoms with Crippen LogP contribution in [0.25, 0.3) is 0 Å². The summed E-state index contributed by atoms with van der Waals surface area (Å²) in [5.74, 6) is 0. The Labute approximate surface area is 86.0 Å². The number of hydrogen-bond acceptors (Lipinski definition) is 2. The Morgan fingerprint density at radius 3 is 2.64 bits per heavy atom. The first-order valence-electron chi connectivity index (χ1n) is 4.72. The van der Waals surface area contributed by atoms with Crippen LogP contribution < -0.4 is 10.6 Å². The topological polar surface area (TPSA) is 29.3 Å². The van der Waals surface area contributed by atoms with Gasteiger partial charge in [-0.2, -0.15) is 0 Å². The number of anilines is 2. The predicted octanol–water partition coefficient (Wildman–Crippen LogP) is 2.59. The third kappa shape index (κ3) is 2.52.